The molecule has 1 aromatic rings. The smallest absolute Gasteiger partial charge is 0.220 e. The maximum atomic E-state index is 11.1. The first-order valence-corrected chi connectivity index (χ1v) is 6.61. The van der Waals surface area contributed by atoms with E-state index in [-0.39, 0.29) is 11.9 Å². The maximum absolute atomic E-state index is 11.1. The lowest BCUT2D eigenvalue weighted by atomic mass is 10.0. The van der Waals surface area contributed by atoms with Crippen molar-refractivity contribution in [2.45, 2.75) is 31.7 Å². The number of anilines is 1. The second kappa shape index (κ2) is 4.88. The molecule has 0 spiro atoms. The zero-order valence-corrected chi connectivity index (χ0v) is 10.4. The summed E-state index contributed by atoms with van der Waals surface area (Å²) in [7, 11) is 0. The third kappa shape index (κ3) is 2.28. The Hall–Kier alpha value is -1.71. The summed E-state index contributed by atoms with van der Waals surface area (Å²) in [5.41, 5.74) is 2.46. The minimum atomic E-state index is 0.136. The van der Waals surface area contributed by atoms with Gasteiger partial charge in [0.05, 0.1) is 11.7 Å². The van der Waals surface area contributed by atoms with Gasteiger partial charge >= 0.3 is 0 Å². The largest absolute Gasteiger partial charge is 0.489 e. The molecule has 2 N–H and O–H groups in total. The quantitative estimate of drug-likeness (QED) is 0.853. The molecule has 0 radical (unpaired) electrons. The van der Waals surface area contributed by atoms with Gasteiger partial charge in [-0.2, -0.15) is 0 Å². The van der Waals surface area contributed by atoms with E-state index in [2.05, 4.69) is 16.7 Å². The molecule has 2 aliphatic rings. The van der Waals surface area contributed by atoms with Crippen LogP contribution in [0.2, 0.25) is 0 Å². The first kappa shape index (κ1) is 11.4. The topological polar surface area (TPSA) is 50.4 Å². The van der Waals surface area contributed by atoms with E-state index in [1.165, 1.54) is 12.0 Å². The van der Waals surface area contributed by atoms with Crippen molar-refractivity contribution >= 4 is 11.6 Å². The van der Waals surface area contributed by atoms with Crippen molar-refractivity contribution in [3.05, 3.63) is 23.8 Å². The fourth-order valence-corrected chi connectivity index (χ4v) is 2.59. The lowest BCUT2D eigenvalue weighted by Crippen LogP contribution is -2.31. The average molecular weight is 246 g/mol. The van der Waals surface area contributed by atoms with Gasteiger partial charge in [0.2, 0.25) is 5.91 Å². The summed E-state index contributed by atoms with van der Waals surface area (Å²) >= 11 is 0. The normalized spacial score (nSPS) is 22.0. The third-order valence-electron chi connectivity index (χ3n) is 3.56. The van der Waals surface area contributed by atoms with Crippen LogP contribution in [0.3, 0.4) is 0 Å². The maximum Gasteiger partial charge on any atom is 0.220 e. The highest BCUT2D eigenvalue weighted by Gasteiger charge is 2.22. The molecule has 3 rings (SSSR count). The van der Waals surface area contributed by atoms with E-state index in [1.54, 1.807) is 0 Å². The third-order valence-corrected chi connectivity index (χ3v) is 3.56. The standard InChI is InChI=1S/C14H18N2O2/c17-13-7-6-11(16-13)9-18-12-5-1-3-10-4-2-8-15-14(10)12/h1,3,5,11,15H,2,4,6-9H2,(H,16,17). The number of fused-ring (bicyclic) bond motifs is 1. The number of rotatable bonds is 3. The fraction of sp³-hybridized carbons (Fsp3) is 0.500. The van der Waals surface area contributed by atoms with Gasteiger partial charge in [-0.25, -0.2) is 0 Å². The lowest BCUT2D eigenvalue weighted by molar-refractivity contribution is -0.119. The molecule has 4 nitrogen and oxygen atoms in total. The average Bonchev–Trinajstić information content (AvgIpc) is 2.82. The molecule has 2 heterocycles. The number of aryl methyl sites for hydroxylation is 1. The SMILES string of the molecule is O=C1CCC(COc2cccc3c2NCCC3)N1. The fourth-order valence-electron chi connectivity index (χ4n) is 2.59. The number of nitrogens with one attached hydrogen (secondary N) is 2. The number of amides is 1. The van der Waals surface area contributed by atoms with Gasteiger partial charge in [-0.3, -0.25) is 4.79 Å². The summed E-state index contributed by atoms with van der Waals surface area (Å²) in [6.07, 6.45) is 3.79. The van der Waals surface area contributed by atoms with Crippen LogP contribution < -0.4 is 15.4 Å². The molecule has 1 aromatic carbocycles. The molecule has 0 bridgehead atoms. The molecule has 1 unspecified atom stereocenters. The second-order valence-corrected chi connectivity index (χ2v) is 4.93. The Kier molecular flexibility index (Phi) is 3.09. The molecule has 0 aromatic heterocycles. The van der Waals surface area contributed by atoms with Crippen LogP contribution >= 0.6 is 0 Å². The highest BCUT2D eigenvalue weighted by molar-refractivity contribution is 5.78. The predicted octanol–water partition coefficient (Wildman–Crippen LogP) is 1.70. The van der Waals surface area contributed by atoms with E-state index in [0.717, 1.165) is 30.8 Å². The van der Waals surface area contributed by atoms with Crippen LogP contribution in [0.25, 0.3) is 0 Å². The van der Waals surface area contributed by atoms with Crippen molar-refractivity contribution < 1.29 is 9.53 Å². The Morgan fingerprint density at radius 1 is 1.33 bits per heavy atom. The second-order valence-electron chi connectivity index (χ2n) is 4.93. The van der Waals surface area contributed by atoms with E-state index < -0.39 is 0 Å². The molecule has 1 fully saturated rings. The van der Waals surface area contributed by atoms with Gasteiger partial charge in [-0.05, 0) is 30.9 Å². The monoisotopic (exact) mass is 246 g/mol. The zero-order chi connectivity index (χ0) is 12.4. The molecular weight excluding hydrogens is 228 g/mol. The van der Waals surface area contributed by atoms with E-state index in [9.17, 15) is 4.79 Å². The van der Waals surface area contributed by atoms with Crippen LogP contribution in [0.4, 0.5) is 5.69 Å². The van der Waals surface area contributed by atoms with Gasteiger partial charge in [-0.1, -0.05) is 12.1 Å². The molecule has 1 atom stereocenters. The van der Waals surface area contributed by atoms with Gasteiger partial charge in [0.25, 0.3) is 0 Å². The summed E-state index contributed by atoms with van der Waals surface area (Å²) in [5.74, 6) is 1.05. The van der Waals surface area contributed by atoms with Crippen molar-refractivity contribution in [1.29, 1.82) is 0 Å². The van der Waals surface area contributed by atoms with Crippen molar-refractivity contribution in [3.8, 4) is 5.75 Å². The Morgan fingerprint density at radius 3 is 3.11 bits per heavy atom. The highest BCUT2D eigenvalue weighted by atomic mass is 16.5. The summed E-state index contributed by atoms with van der Waals surface area (Å²) in [6.45, 7) is 1.57. The predicted molar refractivity (Wildman–Crippen MR) is 69.9 cm³/mol. The summed E-state index contributed by atoms with van der Waals surface area (Å²) in [5, 5.41) is 6.32. The number of carbonyl (C=O) groups is 1. The van der Waals surface area contributed by atoms with Crippen LogP contribution in [-0.4, -0.2) is 25.1 Å². The van der Waals surface area contributed by atoms with Gasteiger partial charge in [0.1, 0.15) is 12.4 Å². The minimum absolute atomic E-state index is 0.136. The van der Waals surface area contributed by atoms with Gasteiger partial charge < -0.3 is 15.4 Å². The molecular formula is C14H18N2O2. The van der Waals surface area contributed by atoms with Gasteiger partial charge in [-0.15, -0.1) is 0 Å². The molecule has 2 aliphatic heterocycles. The zero-order valence-electron chi connectivity index (χ0n) is 10.4. The number of benzene rings is 1. The molecule has 0 aliphatic carbocycles. The molecule has 96 valence electrons. The van der Waals surface area contributed by atoms with Crippen LogP contribution in [0.1, 0.15) is 24.8 Å². The first-order valence-electron chi connectivity index (χ1n) is 6.61. The Labute approximate surface area is 107 Å². The number of hydrogen-bond donors (Lipinski definition) is 2. The Balaban J connectivity index is 1.67. The lowest BCUT2D eigenvalue weighted by Gasteiger charge is -2.22. The molecule has 1 saturated heterocycles. The molecule has 1 amide bonds. The van der Waals surface area contributed by atoms with Crippen molar-refractivity contribution in [1.82, 2.24) is 5.32 Å². The summed E-state index contributed by atoms with van der Waals surface area (Å²) in [6, 6.07) is 6.34. The first-order chi connectivity index (χ1) is 8.83. The molecule has 4 heteroatoms. The van der Waals surface area contributed by atoms with Crippen LogP contribution in [0.5, 0.6) is 5.75 Å². The molecule has 18 heavy (non-hydrogen) atoms. The van der Waals surface area contributed by atoms with Crippen LogP contribution in [-0.2, 0) is 11.2 Å². The van der Waals surface area contributed by atoms with E-state index in [1.807, 2.05) is 12.1 Å². The minimum Gasteiger partial charge on any atom is -0.489 e. The number of para-hydroxylation sites is 1. The van der Waals surface area contributed by atoms with Gasteiger partial charge in [0.15, 0.2) is 0 Å². The summed E-state index contributed by atoms with van der Waals surface area (Å²) < 4.78 is 5.86. The van der Waals surface area contributed by atoms with Crippen LogP contribution in [0, 0.1) is 0 Å². The van der Waals surface area contributed by atoms with Crippen LogP contribution in [0.15, 0.2) is 18.2 Å². The number of carbonyl (C=O) groups excluding carboxylic acids is 1. The van der Waals surface area contributed by atoms with Crippen molar-refractivity contribution in [2.75, 3.05) is 18.5 Å². The van der Waals surface area contributed by atoms with E-state index >= 15 is 0 Å². The van der Waals surface area contributed by atoms with Crippen molar-refractivity contribution in [3.63, 3.8) is 0 Å². The number of ether oxygens (including phenoxy) is 1. The Bertz CT molecular complexity index is 459. The van der Waals surface area contributed by atoms with E-state index in [0.29, 0.717) is 13.0 Å². The van der Waals surface area contributed by atoms with Crippen molar-refractivity contribution in [2.24, 2.45) is 0 Å². The Morgan fingerprint density at radius 2 is 2.28 bits per heavy atom. The molecule has 0 saturated carbocycles. The number of hydrogen-bond acceptors (Lipinski definition) is 3. The van der Waals surface area contributed by atoms with Gasteiger partial charge in [0, 0.05) is 13.0 Å². The highest BCUT2D eigenvalue weighted by Crippen LogP contribution is 2.32. The van der Waals surface area contributed by atoms with E-state index in [4.69, 9.17) is 4.74 Å². The summed E-state index contributed by atoms with van der Waals surface area (Å²) in [4.78, 5) is 11.1.